The Balaban J connectivity index is 1.06. The average molecular weight is 776 g/mol. The summed E-state index contributed by atoms with van der Waals surface area (Å²) in [5.74, 6) is 1.90. The number of rotatable bonds is 6. The van der Waals surface area contributed by atoms with Crippen LogP contribution in [0.15, 0.2) is 224 Å². The highest BCUT2D eigenvalue weighted by atomic mass is 15.0. The number of nitrogens with zero attached hydrogens (tertiary/aromatic N) is 3. The van der Waals surface area contributed by atoms with Gasteiger partial charge in [-0.3, -0.25) is 0 Å². The van der Waals surface area contributed by atoms with Gasteiger partial charge in [0.2, 0.25) is 0 Å². The van der Waals surface area contributed by atoms with Gasteiger partial charge in [-0.15, -0.1) is 0 Å². The third-order valence-electron chi connectivity index (χ3n) is 12.6. The molecule has 0 saturated heterocycles. The van der Waals surface area contributed by atoms with E-state index in [0.717, 1.165) is 38.9 Å². The number of aromatic nitrogens is 3. The second-order valence-corrected chi connectivity index (χ2v) is 15.9. The van der Waals surface area contributed by atoms with Crippen molar-refractivity contribution in [1.29, 1.82) is 0 Å². The maximum Gasteiger partial charge on any atom is 0.164 e. The van der Waals surface area contributed by atoms with E-state index in [1.54, 1.807) is 0 Å². The van der Waals surface area contributed by atoms with Crippen LogP contribution in [0.3, 0.4) is 0 Å². The van der Waals surface area contributed by atoms with Crippen LogP contribution < -0.4 is 0 Å². The van der Waals surface area contributed by atoms with Crippen molar-refractivity contribution in [2.75, 3.05) is 0 Å². The predicted octanol–water partition coefficient (Wildman–Crippen LogP) is 14.2. The highest BCUT2D eigenvalue weighted by molar-refractivity contribution is 6.02. The molecule has 1 aromatic heterocycles. The monoisotopic (exact) mass is 775 g/mol. The van der Waals surface area contributed by atoms with Gasteiger partial charge in [-0.1, -0.05) is 218 Å². The van der Waals surface area contributed by atoms with Crippen LogP contribution in [0, 0.1) is 0 Å². The van der Waals surface area contributed by atoms with Crippen molar-refractivity contribution in [3.05, 3.63) is 247 Å². The molecular formula is C58H37N3. The van der Waals surface area contributed by atoms with Gasteiger partial charge in [0.15, 0.2) is 17.5 Å². The Labute approximate surface area is 355 Å². The Kier molecular flexibility index (Phi) is 8.07. The summed E-state index contributed by atoms with van der Waals surface area (Å²) in [6, 6.07) is 80.5. The third kappa shape index (κ3) is 5.48. The van der Waals surface area contributed by atoms with Crippen LogP contribution in [0.5, 0.6) is 0 Å². The van der Waals surface area contributed by atoms with Crippen molar-refractivity contribution in [2.45, 2.75) is 5.41 Å². The number of benzene rings is 9. The summed E-state index contributed by atoms with van der Waals surface area (Å²) in [5.41, 5.74) is 19.8. The standard InChI is InChI=1S/C58H37N3/c1-4-17-38(18-5-1)39-31-33-42(34-32-39)56-59-55(41-21-8-3-9-22-41)60-57(61-56)43-35-36-44(49(37-43)40-19-6-2-7-20-40)47-26-16-30-53-54(47)48-25-12-15-29-52(48)58(53)50-27-13-10-23-45(50)46-24-11-14-28-51(46)58/h1-37H. The minimum atomic E-state index is -0.420. The van der Waals surface area contributed by atoms with E-state index in [0.29, 0.717) is 17.5 Å². The second kappa shape index (κ2) is 14.1. The Morgan fingerprint density at radius 3 is 1.23 bits per heavy atom. The van der Waals surface area contributed by atoms with Crippen molar-refractivity contribution in [3.8, 4) is 89.8 Å². The summed E-state index contributed by atoms with van der Waals surface area (Å²) in [5, 5.41) is 0. The minimum Gasteiger partial charge on any atom is -0.208 e. The zero-order valence-electron chi connectivity index (χ0n) is 33.2. The summed E-state index contributed by atoms with van der Waals surface area (Å²) >= 11 is 0. The molecule has 1 heterocycles. The third-order valence-corrected chi connectivity index (χ3v) is 12.6. The number of fused-ring (bicyclic) bond motifs is 10. The molecule has 2 aliphatic carbocycles. The Hall–Kier alpha value is -8.01. The second-order valence-electron chi connectivity index (χ2n) is 15.9. The van der Waals surface area contributed by atoms with Gasteiger partial charge in [-0.05, 0) is 84.0 Å². The fraction of sp³-hybridized carbons (Fsp3) is 0.0172. The Bertz CT molecular complexity index is 3240. The van der Waals surface area contributed by atoms with Gasteiger partial charge < -0.3 is 0 Å². The molecule has 0 aliphatic heterocycles. The van der Waals surface area contributed by atoms with Gasteiger partial charge in [0.1, 0.15) is 0 Å². The molecule has 0 unspecified atom stereocenters. The first-order chi connectivity index (χ1) is 30.3. The highest BCUT2D eigenvalue weighted by Gasteiger charge is 2.52. The molecule has 9 aromatic carbocycles. The molecule has 0 N–H and O–H groups in total. The average Bonchev–Trinajstić information content (AvgIpc) is 3.82. The maximum atomic E-state index is 5.20. The molecule has 0 bridgehead atoms. The largest absolute Gasteiger partial charge is 0.208 e. The topological polar surface area (TPSA) is 38.7 Å². The highest BCUT2D eigenvalue weighted by Crippen LogP contribution is 2.64. The zero-order chi connectivity index (χ0) is 40.3. The lowest BCUT2D eigenvalue weighted by Gasteiger charge is -2.30. The molecule has 0 saturated carbocycles. The first-order valence-corrected chi connectivity index (χ1v) is 20.9. The van der Waals surface area contributed by atoms with Crippen molar-refractivity contribution >= 4 is 0 Å². The van der Waals surface area contributed by atoms with Gasteiger partial charge in [-0.25, -0.2) is 15.0 Å². The molecule has 0 radical (unpaired) electrons. The van der Waals surface area contributed by atoms with E-state index in [1.807, 2.05) is 24.3 Å². The van der Waals surface area contributed by atoms with E-state index in [9.17, 15) is 0 Å². The molecule has 284 valence electrons. The fourth-order valence-electron chi connectivity index (χ4n) is 9.94. The van der Waals surface area contributed by atoms with Crippen molar-refractivity contribution in [1.82, 2.24) is 15.0 Å². The fourth-order valence-corrected chi connectivity index (χ4v) is 9.94. The molecular weight excluding hydrogens is 739 g/mol. The lowest BCUT2D eigenvalue weighted by molar-refractivity contribution is 0.794. The maximum absolute atomic E-state index is 5.20. The summed E-state index contributed by atoms with van der Waals surface area (Å²) in [6.07, 6.45) is 0. The smallest absolute Gasteiger partial charge is 0.164 e. The normalized spacial score (nSPS) is 12.7. The van der Waals surface area contributed by atoms with E-state index in [2.05, 4.69) is 200 Å². The molecule has 10 aromatic rings. The SMILES string of the molecule is c1ccc(-c2ccc(-c3nc(-c4ccccc4)nc(-c4ccc(-c5cccc6c5-c5ccccc5C65c6ccccc6-c6ccccc65)c(-c5ccccc5)c4)n3)cc2)cc1. The molecule has 2 aliphatic rings. The number of hydrogen-bond donors (Lipinski definition) is 0. The van der Waals surface area contributed by atoms with Crippen LogP contribution in [-0.2, 0) is 5.41 Å². The molecule has 3 heteroatoms. The van der Waals surface area contributed by atoms with Crippen LogP contribution in [-0.4, -0.2) is 15.0 Å². The van der Waals surface area contributed by atoms with Crippen LogP contribution in [0.4, 0.5) is 0 Å². The lowest BCUT2D eigenvalue weighted by Crippen LogP contribution is -2.25. The van der Waals surface area contributed by atoms with Gasteiger partial charge in [0.05, 0.1) is 5.41 Å². The van der Waals surface area contributed by atoms with Gasteiger partial charge in [0, 0.05) is 16.7 Å². The molecule has 0 atom stereocenters. The van der Waals surface area contributed by atoms with Gasteiger partial charge in [-0.2, -0.15) is 0 Å². The molecule has 3 nitrogen and oxygen atoms in total. The molecule has 0 fully saturated rings. The van der Waals surface area contributed by atoms with E-state index < -0.39 is 5.41 Å². The van der Waals surface area contributed by atoms with Crippen LogP contribution in [0.1, 0.15) is 22.3 Å². The summed E-state index contributed by atoms with van der Waals surface area (Å²) in [6.45, 7) is 0. The van der Waals surface area contributed by atoms with Crippen molar-refractivity contribution in [3.63, 3.8) is 0 Å². The van der Waals surface area contributed by atoms with Crippen molar-refractivity contribution in [2.24, 2.45) is 0 Å². The van der Waals surface area contributed by atoms with Gasteiger partial charge in [0.25, 0.3) is 0 Å². The predicted molar refractivity (Wildman–Crippen MR) is 249 cm³/mol. The van der Waals surface area contributed by atoms with E-state index in [1.165, 1.54) is 55.6 Å². The molecule has 12 rings (SSSR count). The van der Waals surface area contributed by atoms with E-state index in [4.69, 9.17) is 15.0 Å². The quantitative estimate of drug-likeness (QED) is 0.169. The summed E-state index contributed by atoms with van der Waals surface area (Å²) in [4.78, 5) is 15.4. The molecule has 1 spiro atoms. The van der Waals surface area contributed by atoms with E-state index in [-0.39, 0.29) is 0 Å². The van der Waals surface area contributed by atoms with E-state index >= 15 is 0 Å². The first-order valence-electron chi connectivity index (χ1n) is 20.9. The van der Waals surface area contributed by atoms with Gasteiger partial charge >= 0.3 is 0 Å². The van der Waals surface area contributed by atoms with Crippen LogP contribution in [0.25, 0.3) is 89.8 Å². The Morgan fingerprint density at radius 2 is 0.623 bits per heavy atom. The summed E-state index contributed by atoms with van der Waals surface area (Å²) in [7, 11) is 0. The molecule has 0 amide bonds. The van der Waals surface area contributed by atoms with Crippen molar-refractivity contribution < 1.29 is 0 Å². The lowest BCUT2D eigenvalue weighted by atomic mass is 9.70. The molecule has 61 heavy (non-hydrogen) atoms. The van der Waals surface area contributed by atoms with Crippen LogP contribution >= 0.6 is 0 Å². The van der Waals surface area contributed by atoms with Crippen LogP contribution in [0.2, 0.25) is 0 Å². The zero-order valence-corrected chi connectivity index (χ0v) is 33.2. The first kappa shape index (κ1) is 35.0. The minimum absolute atomic E-state index is 0.420. The Morgan fingerprint density at radius 1 is 0.230 bits per heavy atom. The number of hydrogen-bond acceptors (Lipinski definition) is 3. The summed E-state index contributed by atoms with van der Waals surface area (Å²) < 4.78 is 0.